The molecule has 1 amide bonds. The van der Waals surface area contributed by atoms with Gasteiger partial charge in [-0.25, -0.2) is 9.59 Å². The lowest BCUT2D eigenvalue weighted by molar-refractivity contribution is 0.0525. The summed E-state index contributed by atoms with van der Waals surface area (Å²) in [5, 5.41) is 8.18. The Labute approximate surface area is 159 Å². The average Bonchev–Trinajstić information content (AvgIpc) is 2.90. The van der Waals surface area contributed by atoms with Crippen LogP contribution in [0.15, 0.2) is 18.2 Å². The zero-order valence-corrected chi connectivity index (χ0v) is 16.4. The van der Waals surface area contributed by atoms with Crippen LogP contribution in [0.3, 0.4) is 0 Å². The zero-order valence-electron chi connectivity index (χ0n) is 16.4. The number of esters is 1. The quantitative estimate of drug-likeness (QED) is 0.810. The number of hydrogen-bond donors (Lipinski definition) is 1. The Kier molecular flexibility index (Phi) is 5.39. The molecule has 1 fully saturated rings. The molecule has 1 N–H and O–H groups in total. The van der Waals surface area contributed by atoms with Crippen LogP contribution in [0.2, 0.25) is 0 Å². The Morgan fingerprint density at radius 2 is 2.04 bits per heavy atom. The van der Waals surface area contributed by atoms with Crippen LogP contribution in [0.5, 0.6) is 0 Å². The summed E-state index contributed by atoms with van der Waals surface area (Å²) in [7, 11) is 1.36. The van der Waals surface area contributed by atoms with E-state index < -0.39 is 17.7 Å². The first-order chi connectivity index (χ1) is 12.8. The van der Waals surface area contributed by atoms with E-state index in [1.807, 2.05) is 32.9 Å². The number of carbonyl (C=O) groups is 2. The van der Waals surface area contributed by atoms with Gasteiger partial charge in [0, 0.05) is 11.9 Å². The van der Waals surface area contributed by atoms with E-state index in [0.717, 1.165) is 23.7 Å². The molecule has 1 aromatic heterocycles. The summed E-state index contributed by atoms with van der Waals surface area (Å²) in [5.41, 5.74) is 1.89. The van der Waals surface area contributed by atoms with Crippen LogP contribution in [0.4, 0.5) is 4.79 Å². The molecule has 3 rings (SSSR count). The highest BCUT2D eigenvalue weighted by Crippen LogP contribution is 2.39. The lowest BCUT2D eigenvalue weighted by atomic mass is 9.79. The molecule has 1 heterocycles. The van der Waals surface area contributed by atoms with Crippen molar-refractivity contribution in [1.82, 2.24) is 15.1 Å². The molecule has 0 radical (unpaired) electrons. The Hall–Kier alpha value is -2.57. The molecule has 27 heavy (non-hydrogen) atoms. The van der Waals surface area contributed by atoms with Gasteiger partial charge in [-0.05, 0) is 45.1 Å². The maximum absolute atomic E-state index is 12.4. The largest absolute Gasteiger partial charge is 0.464 e. The summed E-state index contributed by atoms with van der Waals surface area (Å²) in [6.45, 7) is 6.08. The molecule has 0 bridgehead atoms. The van der Waals surface area contributed by atoms with Gasteiger partial charge in [-0.15, -0.1) is 0 Å². The molecule has 1 aliphatic rings. The van der Waals surface area contributed by atoms with Crippen molar-refractivity contribution < 1.29 is 19.1 Å². The number of nitrogens with one attached hydrogen (secondary N) is 1. The van der Waals surface area contributed by atoms with Gasteiger partial charge in [0.1, 0.15) is 5.60 Å². The Morgan fingerprint density at radius 1 is 1.30 bits per heavy atom. The molecule has 1 aromatic carbocycles. The van der Waals surface area contributed by atoms with Crippen LogP contribution in [0, 0.1) is 0 Å². The molecule has 0 atom stereocenters. The monoisotopic (exact) mass is 373 g/mol. The third-order valence-electron chi connectivity index (χ3n) is 4.72. The van der Waals surface area contributed by atoms with E-state index in [1.165, 1.54) is 19.1 Å². The van der Waals surface area contributed by atoms with Crippen molar-refractivity contribution in [2.75, 3.05) is 13.7 Å². The zero-order chi connectivity index (χ0) is 19.6. The van der Waals surface area contributed by atoms with Gasteiger partial charge in [-0.2, -0.15) is 5.10 Å². The van der Waals surface area contributed by atoms with E-state index in [4.69, 9.17) is 9.47 Å². The van der Waals surface area contributed by atoms with Crippen LogP contribution in [0.1, 0.15) is 62.0 Å². The SMILES string of the molecule is COC(=O)c1c2cccc(C3CCC3)c2nn1CCNC(=O)OC(C)(C)C. The fourth-order valence-electron chi connectivity index (χ4n) is 3.27. The fourth-order valence-corrected chi connectivity index (χ4v) is 3.27. The Morgan fingerprint density at radius 3 is 2.63 bits per heavy atom. The molecule has 2 aromatic rings. The second-order valence-corrected chi connectivity index (χ2v) is 7.86. The normalized spacial score (nSPS) is 14.7. The van der Waals surface area contributed by atoms with Gasteiger partial charge < -0.3 is 14.8 Å². The lowest BCUT2D eigenvalue weighted by Crippen LogP contribution is -2.34. The van der Waals surface area contributed by atoms with Crippen LogP contribution in [-0.4, -0.2) is 41.1 Å². The summed E-state index contributed by atoms with van der Waals surface area (Å²) in [5.74, 6) is 0.0722. The van der Waals surface area contributed by atoms with Gasteiger partial charge in [0.25, 0.3) is 0 Å². The van der Waals surface area contributed by atoms with Crippen molar-refractivity contribution in [3.8, 4) is 0 Å². The number of nitrogens with zero attached hydrogens (tertiary/aromatic N) is 2. The molecule has 0 spiro atoms. The molecule has 0 unspecified atom stereocenters. The van der Waals surface area contributed by atoms with Gasteiger partial charge in [-0.3, -0.25) is 4.68 Å². The molecule has 146 valence electrons. The van der Waals surface area contributed by atoms with E-state index in [0.29, 0.717) is 24.7 Å². The number of rotatable bonds is 5. The van der Waals surface area contributed by atoms with E-state index in [1.54, 1.807) is 4.68 Å². The first-order valence-electron chi connectivity index (χ1n) is 9.35. The van der Waals surface area contributed by atoms with E-state index in [2.05, 4.69) is 16.5 Å². The van der Waals surface area contributed by atoms with Crippen LogP contribution in [0.25, 0.3) is 10.9 Å². The number of hydrogen-bond acceptors (Lipinski definition) is 5. The van der Waals surface area contributed by atoms with Crippen molar-refractivity contribution in [1.29, 1.82) is 0 Å². The summed E-state index contributed by atoms with van der Waals surface area (Å²) in [6, 6.07) is 5.95. The van der Waals surface area contributed by atoms with Crippen molar-refractivity contribution >= 4 is 23.0 Å². The summed E-state index contributed by atoms with van der Waals surface area (Å²) in [6.07, 6.45) is 3.04. The van der Waals surface area contributed by atoms with E-state index >= 15 is 0 Å². The third kappa shape index (κ3) is 4.23. The van der Waals surface area contributed by atoms with Gasteiger partial charge in [-0.1, -0.05) is 24.6 Å². The number of carbonyl (C=O) groups excluding carboxylic acids is 2. The standard InChI is InChI=1S/C20H27N3O4/c1-20(2,3)27-19(25)21-11-12-23-17(18(24)26-4)15-10-6-9-14(16(15)22-23)13-7-5-8-13/h6,9-10,13H,5,7-8,11-12H2,1-4H3,(H,21,25). The second kappa shape index (κ2) is 7.58. The number of ether oxygens (including phenoxy) is 2. The van der Waals surface area contributed by atoms with Crippen LogP contribution >= 0.6 is 0 Å². The molecular weight excluding hydrogens is 346 g/mol. The van der Waals surface area contributed by atoms with Gasteiger partial charge in [0.15, 0.2) is 5.69 Å². The highest BCUT2D eigenvalue weighted by molar-refractivity contribution is 6.03. The van der Waals surface area contributed by atoms with Crippen LogP contribution in [-0.2, 0) is 16.0 Å². The first kappa shape index (κ1) is 19.2. The first-order valence-corrected chi connectivity index (χ1v) is 9.35. The number of alkyl carbamates (subject to hydrolysis) is 1. The summed E-state index contributed by atoms with van der Waals surface area (Å²) >= 11 is 0. The smallest absolute Gasteiger partial charge is 0.407 e. The number of amides is 1. The number of benzene rings is 1. The summed E-state index contributed by atoms with van der Waals surface area (Å²) < 4.78 is 11.8. The molecule has 7 heteroatoms. The molecule has 1 saturated carbocycles. The molecule has 0 saturated heterocycles. The van der Waals surface area contributed by atoms with Crippen molar-refractivity contribution in [2.45, 2.75) is 58.1 Å². The minimum Gasteiger partial charge on any atom is -0.464 e. The minimum absolute atomic E-state index is 0.297. The predicted octanol–water partition coefficient (Wildman–Crippen LogP) is 3.62. The topological polar surface area (TPSA) is 82.5 Å². The highest BCUT2D eigenvalue weighted by atomic mass is 16.6. The third-order valence-corrected chi connectivity index (χ3v) is 4.72. The molecular formula is C20H27N3O4. The average molecular weight is 373 g/mol. The van der Waals surface area contributed by atoms with Crippen LogP contribution < -0.4 is 5.32 Å². The highest BCUT2D eigenvalue weighted by Gasteiger charge is 2.26. The molecule has 1 aliphatic carbocycles. The predicted molar refractivity (Wildman–Crippen MR) is 102 cm³/mol. The summed E-state index contributed by atoms with van der Waals surface area (Å²) in [4.78, 5) is 24.2. The van der Waals surface area contributed by atoms with Gasteiger partial charge in [0.05, 0.1) is 19.2 Å². The Balaban J connectivity index is 1.83. The van der Waals surface area contributed by atoms with Gasteiger partial charge in [0.2, 0.25) is 0 Å². The van der Waals surface area contributed by atoms with Crippen molar-refractivity contribution in [3.63, 3.8) is 0 Å². The van der Waals surface area contributed by atoms with Gasteiger partial charge >= 0.3 is 12.1 Å². The maximum atomic E-state index is 12.4. The van der Waals surface area contributed by atoms with Crippen molar-refractivity contribution in [3.05, 3.63) is 29.5 Å². The van der Waals surface area contributed by atoms with Crippen molar-refractivity contribution in [2.24, 2.45) is 0 Å². The Bertz CT molecular complexity index is 847. The number of methoxy groups -OCH3 is 1. The second-order valence-electron chi connectivity index (χ2n) is 7.86. The van der Waals surface area contributed by atoms with E-state index in [-0.39, 0.29) is 0 Å². The lowest BCUT2D eigenvalue weighted by Gasteiger charge is -2.25. The molecule has 0 aliphatic heterocycles. The minimum atomic E-state index is -0.556. The fraction of sp³-hybridized carbons (Fsp3) is 0.550. The maximum Gasteiger partial charge on any atom is 0.407 e. The molecule has 7 nitrogen and oxygen atoms in total. The van der Waals surface area contributed by atoms with E-state index in [9.17, 15) is 9.59 Å². The number of fused-ring (bicyclic) bond motifs is 1. The number of aromatic nitrogens is 2.